The van der Waals surface area contributed by atoms with Crippen LogP contribution < -0.4 is 0 Å². The van der Waals surface area contributed by atoms with Gasteiger partial charge in [-0.15, -0.1) is 0 Å². The van der Waals surface area contributed by atoms with Crippen molar-refractivity contribution < 1.29 is 9.59 Å². The molecule has 0 spiro atoms. The summed E-state index contributed by atoms with van der Waals surface area (Å²) >= 11 is 0. The first-order chi connectivity index (χ1) is 10.4. The second kappa shape index (κ2) is 4.12. The number of likely N-dealkylation sites (N-methyl/N-ethyl adjacent to an activating group) is 1. The second-order valence-electron chi connectivity index (χ2n) is 6.76. The lowest BCUT2D eigenvalue weighted by molar-refractivity contribution is -0.162. The lowest BCUT2D eigenvalue weighted by atomic mass is 9.82. The number of benzene rings is 1. The van der Waals surface area contributed by atoms with Gasteiger partial charge in [-0.2, -0.15) is 0 Å². The molecule has 5 nitrogen and oxygen atoms in total. The molecule has 22 heavy (non-hydrogen) atoms. The number of carbonyl (C=O) groups excluding carboxylic acids is 2. The number of para-hydroxylation sites is 1. The molecule has 2 aliphatic heterocycles. The van der Waals surface area contributed by atoms with E-state index in [9.17, 15) is 9.59 Å². The number of nitrogens with zero attached hydrogens (tertiary/aromatic N) is 2. The summed E-state index contributed by atoms with van der Waals surface area (Å²) < 4.78 is 0. The number of hydrogen-bond acceptors (Lipinski definition) is 2. The van der Waals surface area contributed by atoms with Crippen LogP contribution >= 0.6 is 0 Å². The molecule has 114 valence electrons. The van der Waals surface area contributed by atoms with E-state index in [1.165, 1.54) is 5.56 Å². The number of H-pyrrole nitrogens is 1. The first kappa shape index (κ1) is 13.4. The van der Waals surface area contributed by atoms with Crippen LogP contribution in [0.3, 0.4) is 0 Å². The van der Waals surface area contributed by atoms with Crippen LogP contribution in [0.25, 0.3) is 10.9 Å². The molecule has 2 aliphatic rings. The normalized spacial score (nSPS) is 23.7. The minimum absolute atomic E-state index is 0.0152. The van der Waals surface area contributed by atoms with E-state index in [4.69, 9.17) is 0 Å². The Kier molecular flexibility index (Phi) is 2.50. The van der Waals surface area contributed by atoms with E-state index in [0.29, 0.717) is 6.42 Å². The second-order valence-corrected chi connectivity index (χ2v) is 6.76. The molecule has 1 atom stereocenters. The SMILES string of the molecule is CN1CC(=O)N2[C@H](Cc3c([nH]c4ccccc34)C2(C)C)C1=O. The van der Waals surface area contributed by atoms with E-state index in [1.54, 1.807) is 16.8 Å². The summed E-state index contributed by atoms with van der Waals surface area (Å²) in [7, 11) is 1.70. The molecule has 0 bridgehead atoms. The fraction of sp³-hybridized carbons (Fsp3) is 0.412. The fourth-order valence-electron chi connectivity index (χ4n) is 4.02. The number of fused-ring (bicyclic) bond motifs is 4. The number of carbonyl (C=O) groups is 2. The maximum absolute atomic E-state index is 12.6. The minimum Gasteiger partial charge on any atom is -0.356 e. The van der Waals surface area contributed by atoms with E-state index >= 15 is 0 Å². The van der Waals surface area contributed by atoms with E-state index in [0.717, 1.165) is 16.6 Å². The van der Waals surface area contributed by atoms with Crippen molar-refractivity contribution >= 4 is 22.7 Å². The lowest BCUT2D eigenvalue weighted by Gasteiger charge is -2.50. The van der Waals surface area contributed by atoms with Gasteiger partial charge in [-0.3, -0.25) is 9.59 Å². The Labute approximate surface area is 128 Å². The van der Waals surface area contributed by atoms with Gasteiger partial charge in [0.2, 0.25) is 11.8 Å². The van der Waals surface area contributed by atoms with Crippen LogP contribution in [0.15, 0.2) is 24.3 Å². The Morgan fingerprint density at radius 3 is 2.73 bits per heavy atom. The molecule has 3 heterocycles. The molecule has 5 heteroatoms. The zero-order valence-corrected chi connectivity index (χ0v) is 13.0. The van der Waals surface area contributed by atoms with Gasteiger partial charge in [0, 0.05) is 30.1 Å². The highest BCUT2D eigenvalue weighted by atomic mass is 16.2. The van der Waals surface area contributed by atoms with Gasteiger partial charge in [0.15, 0.2) is 0 Å². The van der Waals surface area contributed by atoms with Gasteiger partial charge in [-0.05, 0) is 25.5 Å². The Hall–Kier alpha value is -2.30. The predicted octanol–water partition coefficient (Wildman–Crippen LogP) is 1.63. The van der Waals surface area contributed by atoms with Gasteiger partial charge in [0.05, 0.1) is 12.1 Å². The summed E-state index contributed by atoms with van der Waals surface area (Å²) in [5.41, 5.74) is 2.77. The van der Waals surface area contributed by atoms with E-state index < -0.39 is 11.6 Å². The largest absolute Gasteiger partial charge is 0.356 e. The molecular formula is C17H19N3O2. The van der Waals surface area contributed by atoms with Crippen LogP contribution in [0.4, 0.5) is 0 Å². The van der Waals surface area contributed by atoms with E-state index in [1.807, 2.05) is 32.0 Å². The summed E-state index contributed by atoms with van der Waals surface area (Å²) in [4.78, 5) is 31.9. The molecule has 1 fully saturated rings. The van der Waals surface area contributed by atoms with Gasteiger partial charge >= 0.3 is 0 Å². The van der Waals surface area contributed by atoms with Crippen LogP contribution in [0.1, 0.15) is 25.1 Å². The summed E-state index contributed by atoms with van der Waals surface area (Å²) in [6, 6.07) is 7.73. The quantitative estimate of drug-likeness (QED) is 0.803. The highest BCUT2D eigenvalue weighted by molar-refractivity contribution is 5.97. The Bertz CT molecular complexity index is 805. The Balaban J connectivity index is 1.96. The molecule has 2 amide bonds. The number of nitrogens with one attached hydrogen (secondary N) is 1. The average molecular weight is 297 g/mol. The molecule has 0 saturated carbocycles. The number of rotatable bonds is 0. The maximum atomic E-state index is 12.6. The third-order valence-corrected chi connectivity index (χ3v) is 5.04. The monoisotopic (exact) mass is 297 g/mol. The molecule has 0 unspecified atom stereocenters. The third-order valence-electron chi connectivity index (χ3n) is 5.04. The molecule has 2 aromatic rings. The molecule has 1 aromatic heterocycles. The molecule has 4 rings (SSSR count). The zero-order chi connectivity index (χ0) is 15.6. The van der Waals surface area contributed by atoms with Gasteiger partial charge in [-0.25, -0.2) is 0 Å². The third kappa shape index (κ3) is 1.54. The van der Waals surface area contributed by atoms with Gasteiger partial charge < -0.3 is 14.8 Å². The van der Waals surface area contributed by atoms with Crippen molar-refractivity contribution in [1.29, 1.82) is 0 Å². The van der Waals surface area contributed by atoms with Crippen molar-refractivity contribution in [3.63, 3.8) is 0 Å². The maximum Gasteiger partial charge on any atom is 0.245 e. The van der Waals surface area contributed by atoms with Gasteiger partial charge in [0.1, 0.15) is 6.04 Å². The van der Waals surface area contributed by atoms with Crippen LogP contribution in [0.5, 0.6) is 0 Å². The number of amides is 2. The smallest absolute Gasteiger partial charge is 0.245 e. The summed E-state index contributed by atoms with van der Waals surface area (Å²) in [6.45, 7) is 4.20. The van der Waals surface area contributed by atoms with Crippen molar-refractivity contribution in [3.8, 4) is 0 Å². The van der Waals surface area contributed by atoms with Crippen LogP contribution in [0.2, 0.25) is 0 Å². The highest BCUT2D eigenvalue weighted by Gasteiger charge is 2.50. The molecule has 1 N–H and O–H groups in total. The minimum atomic E-state index is -0.509. The van der Waals surface area contributed by atoms with Crippen LogP contribution in [-0.2, 0) is 21.5 Å². The van der Waals surface area contributed by atoms with Crippen molar-refractivity contribution in [1.82, 2.24) is 14.8 Å². The highest BCUT2D eigenvalue weighted by Crippen LogP contribution is 2.42. The number of piperazine rings is 1. The standard InChI is InChI=1S/C17H19N3O2/c1-17(2)15-11(10-6-4-5-7-12(10)18-15)8-13-16(22)19(3)9-14(21)20(13)17/h4-7,13,18H,8-9H2,1-3H3/t13-/m1/s1. The van der Waals surface area contributed by atoms with Crippen molar-refractivity contribution in [2.45, 2.75) is 31.8 Å². The van der Waals surface area contributed by atoms with Crippen LogP contribution in [-0.4, -0.2) is 46.2 Å². The first-order valence-electron chi connectivity index (χ1n) is 7.58. The Morgan fingerprint density at radius 1 is 1.23 bits per heavy atom. The number of aromatic nitrogens is 1. The van der Waals surface area contributed by atoms with Crippen LogP contribution in [0, 0.1) is 0 Å². The average Bonchev–Trinajstić information content (AvgIpc) is 2.84. The predicted molar refractivity (Wildman–Crippen MR) is 83.3 cm³/mol. The van der Waals surface area contributed by atoms with E-state index in [2.05, 4.69) is 11.1 Å². The Morgan fingerprint density at radius 2 is 1.95 bits per heavy atom. The molecule has 1 aromatic carbocycles. The summed E-state index contributed by atoms with van der Waals surface area (Å²) in [5, 5.41) is 1.15. The van der Waals surface area contributed by atoms with E-state index in [-0.39, 0.29) is 18.4 Å². The van der Waals surface area contributed by atoms with Crippen molar-refractivity contribution in [2.75, 3.05) is 13.6 Å². The summed E-state index contributed by atoms with van der Waals surface area (Å²) in [6.07, 6.45) is 0.581. The van der Waals surface area contributed by atoms with Gasteiger partial charge in [-0.1, -0.05) is 18.2 Å². The molecular weight excluding hydrogens is 278 g/mol. The number of hydrogen-bond donors (Lipinski definition) is 1. The lowest BCUT2D eigenvalue weighted by Crippen LogP contribution is -2.66. The zero-order valence-electron chi connectivity index (χ0n) is 13.0. The molecule has 0 radical (unpaired) electrons. The van der Waals surface area contributed by atoms with Gasteiger partial charge in [0.25, 0.3) is 0 Å². The first-order valence-corrected chi connectivity index (χ1v) is 7.58. The van der Waals surface area contributed by atoms with Crippen molar-refractivity contribution in [3.05, 3.63) is 35.5 Å². The number of aromatic amines is 1. The fourth-order valence-corrected chi connectivity index (χ4v) is 4.02. The topological polar surface area (TPSA) is 56.4 Å². The van der Waals surface area contributed by atoms with Crippen molar-refractivity contribution in [2.24, 2.45) is 0 Å². The summed E-state index contributed by atoms with van der Waals surface area (Å²) in [5.74, 6) is 0.0463. The molecule has 1 saturated heterocycles. The molecule has 0 aliphatic carbocycles.